The fourth-order valence-electron chi connectivity index (χ4n) is 3.50. The Hall–Kier alpha value is -2.32. The van der Waals surface area contributed by atoms with Crippen molar-refractivity contribution in [2.24, 2.45) is 0 Å². The third-order valence-electron chi connectivity index (χ3n) is 5.28. The number of hydrogen-bond acceptors (Lipinski definition) is 7. The molecule has 1 fully saturated rings. The maximum atomic E-state index is 6.29. The van der Waals surface area contributed by atoms with Crippen LogP contribution in [0.15, 0.2) is 30.6 Å². The third kappa shape index (κ3) is 4.80. The fraction of sp³-hybridized carbons (Fsp3) is 0.364. The SMILES string of the molecule is COc1cc2c(Nc3ccc(Cl)c(Cl)c3C)ncnc2cc1OCC1CN(C)CCO1. The van der Waals surface area contributed by atoms with Crippen LogP contribution in [0.4, 0.5) is 11.5 Å². The summed E-state index contributed by atoms with van der Waals surface area (Å²) in [6.45, 7) is 4.80. The minimum atomic E-state index is 0.0133. The van der Waals surface area contributed by atoms with Crippen molar-refractivity contribution in [1.29, 1.82) is 0 Å². The number of morpholine rings is 1. The van der Waals surface area contributed by atoms with Gasteiger partial charge in [0.1, 0.15) is 24.9 Å². The average molecular weight is 463 g/mol. The van der Waals surface area contributed by atoms with Crippen molar-refractivity contribution in [3.05, 3.63) is 46.2 Å². The van der Waals surface area contributed by atoms with Crippen LogP contribution < -0.4 is 14.8 Å². The lowest BCUT2D eigenvalue weighted by Crippen LogP contribution is -2.42. The Kier molecular flexibility index (Phi) is 6.67. The van der Waals surface area contributed by atoms with E-state index < -0.39 is 0 Å². The highest BCUT2D eigenvalue weighted by Crippen LogP contribution is 2.37. The second kappa shape index (κ2) is 9.44. The highest BCUT2D eigenvalue weighted by atomic mass is 35.5. The smallest absolute Gasteiger partial charge is 0.163 e. The van der Waals surface area contributed by atoms with Crippen LogP contribution in [-0.4, -0.2) is 61.4 Å². The molecule has 7 nitrogen and oxygen atoms in total. The highest BCUT2D eigenvalue weighted by molar-refractivity contribution is 6.42. The van der Waals surface area contributed by atoms with Gasteiger partial charge in [-0.25, -0.2) is 9.97 Å². The molecule has 1 aromatic heterocycles. The summed E-state index contributed by atoms with van der Waals surface area (Å²) in [6, 6.07) is 7.34. The Bertz CT molecular complexity index is 1100. The summed E-state index contributed by atoms with van der Waals surface area (Å²) in [5, 5.41) is 5.14. The highest BCUT2D eigenvalue weighted by Gasteiger charge is 2.20. The summed E-state index contributed by atoms with van der Waals surface area (Å²) in [6.07, 6.45) is 1.52. The van der Waals surface area contributed by atoms with Gasteiger partial charge in [-0.05, 0) is 37.7 Å². The van der Waals surface area contributed by atoms with E-state index in [1.54, 1.807) is 13.2 Å². The van der Waals surface area contributed by atoms with Crippen molar-refractivity contribution in [2.75, 3.05) is 45.8 Å². The lowest BCUT2D eigenvalue weighted by Gasteiger charge is -2.30. The number of rotatable bonds is 6. The van der Waals surface area contributed by atoms with Crippen molar-refractivity contribution < 1.29 is 14.2 Å². The number of nitrogens with zero attached hydrogens (tertiary/aromatic N) is 3. The topological polar surface area (TPSA) is 68.7 Å². The molecular weight excluding hydrogens is 439 g/mol. The quantitative estimate of drug-likeness (QED) is 0.568. The molecule has 0 saturated carbocycles. The van der Waals surface area contributed by atoms with E-state index in [0.717, 1.165) is 35.2 Å². The van der Waals surface area contributed by atoms with E-state index in [-0.39, 0.29) is 6.10 Å². The predicted octanol–water partition coefficient (Wildman–Crippen LogP) is 4.71. The van der Waals surface area contributed by atoms with Crippen LogP contribution in [0.3, 0.4) is 0 Å². The monoisotopic (exact) mass is 462 g/mol. The molecule has 1 unspecified atom stereocenters. The van der Waals surface area contributed by atoms with Gasteiger partial charge in [0.05, 0.1) is 29.3 Å². The van der Waals surface area contributed by atoms with Gasteiger partial charge >= 0.3 is 0 Å². The lowest BCUT2D eigenvalue weighted by molar-refractivity contribution is -0.0406. The molecule has 9 heteroatoms. The number of benzene rings is 2. The summed E-state index contributed by atoms with van der Waals surface area (Å²) in [7, 11) is 3.69. The molecule has 1 aliphatic heterocycles. The molecule has 1 atom stereocenters. The van der Waals surface area contributed by atoms with Crippen molar-refractivity contribution in [3.63, 3.8) is 0 Å². The minimum absolute atomic E-state index is 0.0133. The number of nitrogens with one attached hydrogen (secondary N) is 1. The lowest BCUT2D eigenvalue weighted by atomic mass is 10.1. The summed E-state index contributed by atoms with van der Waals surface area (Å²) in [5.41, 5.74) is 2.38. The van der Waals surface area contributed by atoms with E-state index in [1.807, 2.05) is 25.1 Å². The average Bonchev–Trinajstić information content (AvgIpc) is 2.77. The Morgan fingerprint density at radius 1 is 1.23 bits per heavy atom. The fourth-order valence-corrected chi connectivity index (χ4v) is 3.87. The molecule has 0 radical (unpaired) electrons. The molecule has 31 heavy (non-hydrogen) atoms. The van der Waals surface area contributed by atoms with E-state index in [1.165, 1.54) is 6.33 Å². The zero-order valence-corrected chi connectivity index (χ0v) is 19.1. The third-order valence-corrected chi connectivity index (χ3v) is 6.18. The maximum Gasteiger partial charge on any atom is 0.163 e. The zero-order valence-electron chi connectivity index (χ0n) is 17.6. The van der Waals surface area contributed by atoms with Gasteiger partial charge < -0.3 is 24.4 Å². The van der Waals surface area contributed by atoms with Crippen molar-refractivity contribution >= 4 is 45.6 Å². The zero-order chi connectivity index (χ0) is 22.0. The van der Waals surface area contributed by atoms with Crippen LogP contribution in [0, 0.1) is 6.92 Å². The molecule has 0 bridgehead atoms. The summed E-state index contributed by atoms with van der Waals surface area (Å²) < 4.78 is 17.4. The van der Waals surface area contributed by atoms with Gasteiger partial charge in [-0.2, -0.15) is 0 Å². The molecule has 1 saturated heterocycles. The molecule has 1 N–H and O–H groups in total. The molecule has 164 valence electrons. The summed E-state index contributed by atoms with van der Waals surface area (Å²) in [4.78, 5) is 11.0. The van der Waals surface area contributed by atoms with Crippen LogP contribution >= 0.6 is 23.2 Å². The molecule has 0 spiro atoms. The van der Waals surface area contributed by atoms with Gasteiger partial charge in [-0.15, -0.1) is 0 Å². The van der Waals surface area contributed by atoms with E-state index in [4.69, 9.17) is 37.4 Å². The number of halogens is 2. The van der Waals surface area contributed by atoms with E-state index in [2.05, 4.69) is 27.2 Å². The molecule has 2 heterocycles. The molecule has 1 aliphatic rings. The molecule has 0 aliphatic carbocycles. The van der Waals surface area contributed by atoms with Crippen LogP contribution in [0.2, 0.25) is 10.0 Å². The first-order chi connectivity index (χ1) is 15.0. The molecular formula is C22H24Cl2N4O3. The number of methoxy groups -OCH3 is 1. The van der Waals surface area contributed by atoms with E-state index in [9.17, 15) is 0 Å². The van der Waals surface area contributed by atoms with Gasteiger partial charge in [-0.1, -0.05) is 23.2 Å². The Labute approximate surface area is 191 Å². The Morgan fingerprint density at radius 2 is 2.06 bits per heavy atom. The van der Waals surface area contributed by atoms with Crippen molar-refractivity contribution in [1.82, 2.24) is 14.9 Å². The van der Waals surface area contributed by atoms with Gasteiger partial charge in [-0.3, -0.25) is 0 Å². The van der Waals surface area contributed by atoms with Gasteiger partial charge in [0.15, 0.2) is 11.5 Å². The maximum absolute atomic E-state index is 6.29. The van der Waals surface area contributed by atoms with Crippen LogP contribution in [-0.2, 0) is 4.74 Å². The Balaban J connectivity index is 1.61. The van der Waals surface area contributed by atoms with E-state index >= 15 is 0 Å². The summed E-state index contributed by atoms with van der Waals surface area (Å²) in [5.74, 6) is 1.84. The van der Waals surface area contributed by atoms with Crippen molar-refractivity contribution in [2.45, 2.75) is 13.0 Å². The van der Waals surface area contributed by atoms with Crippen LogP contribution in [0.1, 0.15) is 5.56 Å². The predicted molar refractivity (Wildman–Crippen MR) is 123 cm³/mol. The molecule has 2 aromatic carbocycles. The van der Waals surface area contributed by atoms with Gasteiger partial charge in [0.2, 0.25) is 0 Å². The number of ether oxygens (including phenoxy) is 3. The van der Waals surface area contributed by atoms with Crippen LogP contribution in [0.25, 0.3) is 10.9 Å². The normalized spacial score (nSPS) is 17.0. The number of hydrogen-bond donors (Lipinski definition) is 1. The number of likely N-dealkylation sites (N-methyl/N-ethyl adjacent to an activating group) is 1. The number of aromatic nitrogens is 2. The minimum Gasteiger partial charge on any atom is -0.493 e. The molecule has 0 amide bonds. The van der Waals surface area contributed by atoms with Gasteiger partial charge in [0.25, 0.3) is 0 Å². The van der Waals surface area contributed by atoms with E-state index in [0.29, 0.717) is 40.6 Å². The molecule has 4 rings (SSSR count). The Morgan fingerprint density at radius 3 is 2.84 bits per heavy atom. The molecule has 3 aromatic rings. The second-order valence-corrected chi connectivity index (χ2v) is 8.25. The van der Waals surface area contributed by atoms with Gasteiger partial charge in [0, 0.05) is 30.2 Å². The number of fused-ring (bicyclic) bond motifs is 1. The first-order valence-electron chi connectivity index (χ1n) is 9.93. The van der Waals surface area contributed by atoms with Crippen LogP contribution in [0.5, 0.6) is 11.5 Å². The number of anilines is 2. The first-order valence-corrected chi connectivity index (χ1v) is 10.7. The first kappa shape index (κ1) is 21.9. The second-order valence-electron chi connectivity index (χ2n) is 7.47. The van der Waals surface area contributed by atoms with Crippen molar-refractivity contribution in [3.8, 4) is 11.5 Å². The standard InChI is InChI=1S/C22H24Cl2N4O3/c1-13-17(5-4-16(23)21(13)24)27-22-15-8-19(29-3)20(9-18(15)25-12-26-22)31-11-14-10-28(2)6-7-30-14/h4-5,8-9,12,14H,6-7,10-11H2,1-3H3,(H,25,26,27). The summed E-state index contributed by atoms with van der Waals surface area (Å²) >= 11 is 12.4. The largest absolute Gasteiger partial charge is 0.493 e.